The zero-order chi connectivity index (χ0) is 23.4. The third-order valence-electron chi connectivity index (χ3n) is 5.38. The van der Waals surface area contributed by atoms with Crippen molar-refractivity contribution in [2.24, 2.45) is 4.99 Å². The van der Waals surface area contributed by atoms with Crippen LogP contribution in [0.15, 0.2) is 57.1 Å². The third kappa shape index (κ3) is 5.36. The lowest BCUT2D eigenvalue weighted by molar-refractivity contribution is -0.152. The van der Waals surface area contributed by atoms with Gasteiger partial charge in [0, 0.05) is 41.0 Å². The number of morpholine rings is 1. The number of aromatic nitrogens is 1. The highest BCUT2D eigenvalue weighted by Gasteiger charge is 2.34. The molecular formula is C22H21BrClFN4O3S. The normalized spacial score (nSPS) is 21.8. The van der Waals surface area contributed by atoms with E-state index in [1.807, 2.05) is 16.4 Å². The molecule has 174 valence electrons. The van der Waals surface area contributed by atoms with Crippen LogP contribution in [-0.2, 0) is 14.3 Å². The Morgan fingerprint density at radius 3 is 3.06 bits per heavy atom. The standard InChI is InChI=1S/C22H21BrClFN4O3S/c1-31-22(30)18-12-32-8-7-29(18)11-17-15(4-5-23)19(14-3-2-13(25)10-16(14)24)28-20(27-17)21-26-6-9-33-21/h2-6,9-10,18-19H,7-8,11-12H2,1H3,(H,27,28)/b5-4+/t18-,19?/m0/s1. The number of ether oxygens (including phenoxy) is 2. The molecule has 2 atom stereocenters. The van der Waals surface area contributed by atoms with Crippen LogP contribution < -0.4 is 5.32 Å². The summed E-state index contributed by atoms with van der Waals surface area (Å²) in [5.74, 6) is -0.187. The van der Waals surface area contributed by atoms with Crippen LogP contribution in [0, 0.1) is 5.82 Å². The summed E-state index contributed by atoms with van der Waals surface area (Å²) in [4.78, 5) is 25.4. The van der Waals surface area contributed by atoms with E-state index < -0.39 is 17.9 Å². The summed E-state index contributed by atoms with van der Waals surface area (Å²) in [6.07, 6.45) is 3.58. The van der Waals surface area contributed by atoms with Crippen molar-refractivity contribution in [2.45, 2.75) is 12.1 Å². The Hall–Kier alpha value is -2.11. The average molecular weight is 556 g/mol. The van der Waals surface area contributed by atoms with Gasteiger partial charge in [-0.05, 0) is 28.8 Å². The molecule has 7 nitrogen and oxygen atoms in total. The zero-order valence-corrected chi connectivity index (χ0v) is 20.8. The molecule has 0 saturated carbocycles. The van der Waals surface area contributed by atoms with Crippen LogP contribution in [0.2, 0.25) is 5.02 Å². The van der Waals surface area contributed by atoms with E-state index in [9.17, 15) is 9.18 Å². The zero-order valence-electron chi connectivity index (χ0n) is 17.6. The van der Waals surface area contributed by atoms with Gasteiger partial charge in [-0.2, -0.15) is 0 Å². The van der Waals surface area contributed by atoms with Gasteiger partial charge in [0.1, 0.15) is 17.9 Å². The maximum Gasteiger partial charge on any atom is 0.325 e. The SMILES string of the molecule is COC(=O)[C@@H]1COCCN1CC1=C(/C=C/Br)C(c2ccc(F)cc2Cl)N=C(c2nccs2)N1. The fourth-order valence-corrected chi connectivity index (χ4v) is 4.94. The number of aliphatic imine (C=N–C) groups is 1. The molecule has 1 saturated heterocycles. The summed E-state index contributed by atoms with van der Waals surface area (Å²) in [6, 6.07) is 3.26. The lowest BCUT2D eigenvalue weighted by atomic mass is 9.95. The summed E-state index contributed by atoms with van der Waals surface area (Å²) < 4.78 is 24.2. The number of rotatable bonds is 6. The molecule has 0 amide bonds. The second kappa shape index (κ2) is 10.9. The van der Waals surface area contributed by atoms with Crippen LogP contribution in [0.25, 0.3) is 0 Å². The van der Waals surface area contributed by atoms with Gasteiger partial charge >= 0.3 is 5.97 Å². The molecule has 4 rings (SSSR count). The van der Waals surface area contributed by atoms with Crippen molar-refractivity contribution in [1.82, 2.24) is 15.2 Å². The number of benzene rings is 1. The molecule has 33 heavy (non-hydrogen) atoms. The van der Waals surface area contributed by atoms with Gasteiger partial charge in [-0.25, -0.2) is 9.37 Å². The monoisotopic (exact) mass is 554 g/mol. The van der Waals surface area contributed by atoms with E-state index >= 15 is 0 Å². The minimum Gasteiger partial charge on any atom is -0.468 e. The number of methoxy groups -OCH3 is 1. The quantitative estimate of drug-likeness (QED) is 0.542. The van der Waals surface area contributed by atoms with E-state index in [2.05, 4.69) is 26.2 Å². The van der Waals surface area contributed by atoms with Crippen molar-refractivity contribution in [3.63, 3.8) is 0 Å². The number of nitrogens with one attached hydrogen (secondary N) is 1. The molecule has 1 fully saturated rings. The third-order valence-corrected chi connectivity index (χ3v) is 6.75. The fraction of sp³-hybridized carbons (Fsp3) is 0.318. The smallest absolute Gasteiger partial charge is 0.325 e. The molecule has 11 heteroatoms. The van der Waals surface area contributed by atoms with Crippen molar-refractivity contribution >= 4 is 50.7 Å². The van der Waals surface area contributed by atoms with Crippen molar-refractivity contribution in [3.8, 4) is 0 Å². The minimum atomic E-state index is -0.526. The number of hydrogen-bond donors (Lipinski definition) is 1. The first-order valence-electron chi connectivity index (χ1n) is 10.1. The van der Waals surface area contributed by atoms with Gasteiger partial charge in [0.05, 0.1) is 20.3 Å². The van der Waals surface area contributed by atoms with E-state index in [4.69, 9.17) is 26.1 Å². The van der Waals surface area contributed by atoms with E-state index in [0.717, 1.165) is 11.3 Å². The summed E-state index contributed by atoms with van der Waals surface area (Å²) >= 11 is 11.3. The average Bonchev–Trinajstić information content (AvgIpc) is 3.35. The van der Waals surface area contributed by atoms with Gasteiger partial charge < -0.3 is 14.8 Å². The van der Waals surface area contributed by atoms with Gasteiger partial charge in [0.2, 0.25) is 0 Å². The Morgan fingerprint density at radius 1 is 1.52 bits per heavy atom. The molecule has 0 spiro atoms. The van der Waals surface area contributed by atoms with Crippen LogP contribution in [-0.4, -0.2) is 61.1 Å². The van der Waals surface area contributed by atoms with Crippen LogP contribution in [0.4, 0.5) is 4.39 Å². The first kappa shape index (κ1) is 24.0. The highest BCUT2D eigenvalue weighted by molar-refractivity contribution is 9.11. The molecule has 2 aliphatic rings. The summed E-state index contributed by atoms with van der Waals surface area (Å²) in [6.45, 7) is 1.73. The summed E-state index contributed by atoms with van der Waals surface area (Å²) in [5, 5.41) is 6.26. The number of thiazole rings is 1. The second-order valence-corrected chi connectivity index (χ2v) is 9.15. The van der Waals surface area contributed by atoms with E-state index in [1.165, 1.54) is 30.6 Å². The van der Waals surface area contributed by atoms with Crippen molar-refractivity contribution < 1.29 is 18.7 Å². The van der Waals surface area contributed by atoms with Crippen LogP contribution in [0.5, 0.6) is 0 Å². The number of hydrogen-bond acceptors (Lipinski definition) is 8. The minimum absolute atomic E-state index is 0.254. The number of nitrogens with zero attached hydrogens (tertiary/aromatic N) is 3. The summed E-state index contributed by atoms with van der Waals surface area (Å²) in [5.41, 5.74) is 2.32. The van der Waals surface area contributed by atoms with Crippen LogP contribution in [0.3, 0.4) is 0 Å². The van der Waals surface area contributed by atoms with Crippen molar-refractivity contribution in [2.75, 3.05) is 33.4 Å². The predicted molar refractivity (Wildman–Crippen MR) is 129 cm³/mol. The summed E-state index contributed by atoms with van der Waals surface area (Å²) in [7, 11) is 1.37. The Morgan fingerprint density at radius 2 is 2.36 bits per heavy atom. The molecule has 1 N–H and O–H groups in total. The van der Waals surface area contributed by atoms with Crippen molar-refractivity contribution in [1.29, 1.82) is 0 Å². The second-order valence-electron chi connectivity index (χ2n) is 7.32. The fourth-order valence-electron chi connectivity index (χ4n) is 3.79. The highest BCUT2D eigenvalue weighted by atomic mass is 79.9. The van der Waals surface area contributed by atoms with Gasteiger partial charge in [0.15, 0.2) is 10.8 Å². The molecule has 1 aromatic heterocycles. The van der Waals surface area contributed by atoms with Gasteiger partial charge in [-0.3, -0.25) is 14.7 Å². The molecule has 0 bridgehead atoms. The molecule has 3 heterocycles. The first-order valence-corrected chi connectivity index (χ1v) is 12.3. The van der Waals surface area contributed by atoms with Gasteiger partial charge in [-0.1, -0.05) is 33.6 Å². The molecule has 0 aliphatic carbocycles. The topological polar surface area (TPSA) is 76.1 Å². The van der Waals surface area contributed by atoms with Gasteiger partial charge in [0.25, 0.3) is 0 Å². The lowest BCUT2D eigenvalue weighted by Gasteiger charge is -2.36. The number of esters is 1. The van der Waals surface area contributed by atoms with Crippen LogP contribution >= 0.6 is 38.9 Å². The number of halogens is 3. The van der Waals surface area contributed by atoms with Crippen LogP contribution in [0.1, 0.15) is 16.6 Å². The number of carbonyl (C=O) groups excluding carboxylic acids is 1. The number of amidine groups is 1. The van der Waals surface area contributed by atoms with E-state index in [0.29, 0.717) is 36.1 Å². The van der Waals surface area contributed by atoms with Crippen molar-refractivity contribution in [3.05, 3.63) is 73.5 Å². The lowest BCUT2D eigenvalue weighted by Crippen LogP contribution is -2.52. The van der Waals surface area contributed by atoms with E-state index in [1.54, 1.807) is 17.2 Å². The Balaban J connectivity index is 1.78. The molecular weight excluding hydrogens is 535 g/mol. The maximum absolute atomic E-state index is 13.8. The maximum atomic E-state index is 13.8. The Kier molecular flexibility index (Phi) is 7.92. The molecule has 1 aromatic carbocycles. The largest absolute Gasteiger partial charge is 0.468 e. The molecule has 2 aromatic rings. The Bertz CT molecular complexity index is 1110. The number of carbonyl (C=O) groups is 1. The van der Waals surface area contributed by atoms with Gasteiger partial charge in [-0.15, -0.1) is 11.3 Å². The molecule has 1 unspecified atom stereocenters. The Labute approximate surface area is 208 Å². The highest BCUT2D eigenvalue weighted by Crippen LogP contribution is 2.37. The molecule has 2 aliphatic heterocycles. The molecule has 0 radical (unpaired) electrons. The first-order chi connectivity index (χ1) is 16.0. The predicted octanol–water partition coefficient (Wildman–Crippen LogP) is 4.06. The van der Waals surface area contributed by atoms with E-state index in [-0.39, 0.29) is 17.6 Å².